The summed E-state index contributed by atoms with van der Waals surface area (Å²) in [6.07, 6.45) is 9.20. The maximum atomic E-state index is 12.0. The number of rotatable bonds is 10. The molecule has 232 valence electrons. The van der Waals surface area contributed by atoms with Crippen LogP contribution in [0.15, 0.2) is 85.5 Å². The molecule has 45 heavy (non-hydrogen) atoms. The Kier molecular flexibility index (Phi) is 9.16. The molecule has 6 aromatic rings. The zero-order chi connectivity index (χ0) is 31.2. The van der Waals surface area contributed by atoms with E-state index in [0.29, 0.717) is 18.9 Å². The van der Waals surface area contributed by atoms with Crippen LogP contribution in [-0.2, 0) is 4.74 Å². The quantitative estimate of drug-likeness (QED) is 0.182. The molecule has 0 radical (unpaired) electrons. The fourth-order valence-corrected chi connectivity index (χ4v) is 4.98. The van der Waals surface area contributed by atoms with Crippen molar-refractivity contribution >= 4 is 23.2 Å². The first-order chi connectivity index (χ1) is 22.0. The molecule has 0 N–H and O–H groups in total. The van der Waals surface area contributed by atoms with Crippen molar-refractivity contribution < 1.29 is 13.9 Å². The summed E-state index contributed by atoms with van der Waals surface area (Å²) < 4.78 is 26.2. The van der Waals surface area contributed by atoms with Crippen LogP contribution in [0.4, 0.5) is 16.0 Å². The van der Waals surface area contributed by atoms with E-state index in [0.717, 1.165) is 58.8 Å². The first-order valence-corrected chi connectivity index (χ1v) is 15.0. The van der Waals surface area contributed by atoms with Crippen LogP contribution in [0.25, 0.3) is 34.1 Å². The highest BCUT2D eigenvalue weighted by molar-refractivity contribution is 5.64. The number of anilines is 2. The summed E-state index contributed by atoms with van der Waals surface area (Å²) >= 11 is 0. The predicted molar refractivity (Wildman–Crippen MR) is 175 cm³/mol. The molecule has 0 bridgehead atoms. The minimum atomic E-state index is -0.455. The average molecular weight is 609 g/mol. The molecule has 0 atom stereocenters. The van der Waals surface area contributed by atoms with Gasteiger partial charge in [0, 0.05) is 62.6 Å². The minimum absolute atomic E-state index is 0.139. The van der Waals surface area contributed by atoms with Gasteiger partial charge >= 0.3 is 0 Å². The zero-order valence-corrected chi connectivity index (χ0v) is 25.8. The summed E-state index contributed by atoms with van der Waals surface area (Å²) in [7, 11) is 3.60. The van der Waals surface area contributed by atoms with Gasteiger partial charge in [-0.25, -0.2) is 14.4 Å². The molecule has 4 aromatic heterocycles. The second-order valence-corrected chi connectivity index (χ2v) is 10.9. The normalized spacial score (nSPS) is 12.6. The van der Waals surface area contributed by atoms with E-state index in [4.69, 9.17) is 9.47 Å². The lowest BCUT2D eigenvalue weighted by Gasteiger charge is -2.31. The van der Waals surface area contributed by atoms with Gasteiger partial charge in [0.1, 0.15) is 24.1 Å². The zero-order valence-electron chi connectivity index (χ0n) is 25.8. The smallest absolute Gasteiger partial charge is 0.236 e. The van der Waals surface area contributed by atoms with Crippen molar-refractivity contribution in [3.05, 3.63) is 91.0 Å². The molecule has 1 aliphatic rings. The Hall–Kier alpha value is -5.03. The molecule has 5 heterocycles. The van der Waals surface area contributed by atoms with Crippen molar-refractivity contribution in [2.75, 3.05) is 63.5 Å². The predicted octanol–water partition coefficient (Wildman–Crippen LogP) is 5.74. The van der Waals surface area contributed by atoms with Crippen molar-refractivity contribution in [1.29, 1.82) is 0 Å². The highest BCUT2D eigenvalue weighted by Crippen LogP contribution is 2.24. The van der Waals surface area contributed by atoms with Crippen LogP contribution in [0.5, 0.6) is 5.75 Å². The summed E-state index contributed by atoms with van der Waals surface area (Å²) in [4.78, 5) is 22.7. The molecule has 11 heteroatoms. The van der Waals surface area contributed by atoms with Crippen LogP contribution in [0.3, 0.4) is 0 Å². The number of aromatic nitrogens is 6. The number of imidazole rings is 2. The largest absolute Gasteiger partial charge is 0.497 e. The highest BCUT2D eigenvalue weighted by atomic mass is 19.1. The van der Waals surface area contributed by atoms with Crippen molar-refractivity contribution in [2.24, 2.45) is 0 Å². The fourth-order valence-electron chi connectivity index (χ4n) is 4.98. The van der Waals surface area contributed by atoms with E-state index >= 15 is 0 Å². The van der Waals surface area contributed by atoms with Gasteiger partial charge in [-0.3, -0.25) is 8.80 Å². The monoisotopic (exact) mass is 608 g/mol. The van der Waals surface area contributed by atoms with Crippen LogP contribution in [0.1, 0.15) is 12.0 Å². The molecule has 10 nitrogen and oxygen atoms in total. The van der Waals surface area contributed by atoms with E-state index in [2.05, 4.69) is 43.9 Å². The second-order valence-electron chi connectivity index (χ2n) is 10.9. The Morgan fingerprint density at radius 1 is 0.822 bits per heavy atom. The van der Waals surface area contributed by atoms with Crippen LogP contribution >= 0.6 is 0 Å². The number of aryl methyl sites for hydroxylation is 1. The lowest BCUT2D eigenvalue weighted by atomic mass is 10.1. The number of benzene rings is 2. The molecule has 0 spiro atoms. The van der Waals surface area contributed by atoms with Crippen LogP contribution in [0, 0.1) is 6.92 Å². The van der Waals surface area contributed by atoms with E-state index < -0.39 is 6.67 Å². The molecule has 0 amide bonds. The molecule has 0 saturated carbocycles. The maximum Gasteiger partial charge on any atom is 0.236 e. The molecule has 7 rings (SSSR count). The number of hydrogen-bond acceptors (Lipinski definition) is 8. The Morgan fingerprint density at radius 3 is 2.20 bits per heavy atom. The molecule has 0 unspecified atom stereocenters. The first kappa shape index (κ1) is 30.0. The van der Waals surface area contributed by atoms with Crippen molar-refractivity contribution in [3.8, 4) is 28.3 Å². The molecular weight excluding hydrogens is 571 g/mol. The molecule has 1 saturated heterocycles. The summed E-state index contributed by atoms with van der Waals surface area (Å²) in [5, 5.41) is 0. The van der Waals surface area contributed by atoms with Gasteiger partial charge in [0.2, 0.25) is 11.6 Å². The molecule has 0 aliphatic carbocycles. The number of ether oxygens (including phenoxy) is 2. The van der Waals surface area contributed by atoms with Gasteiger partial charge in [-0.15, -0.1) is 0 Å². The summed E-state index contributed by atoms with van der Waals surface area (Å²) in [6, 6.07) is 20.1. The van der Waals surface area contributed by atoms with Gasteiger partial charge in [-0.05, 0) is 55.8 Å². The summed E-state index contributed by atoms with van der Waals surface area (Å²) in [5.41, 5.74) is 5.16. The number of hydrogen-bond donors (Lipinski definition) is 0. The number of nitrogens with zero attached hydrogens (tertiary/aromatic N) is 8. The topological polar surface area (TPSA) is 85.3 Å². The van der Waals surface area contributed by atoms with Crippen molar-refractivity contribution in [1.82, 2.24) is 28.7 Å². The fraction of sp³-hybridized carbons (Fsp3) is 0.294. The molecule has 1 aliphatic heterocycles. The number of likely N-dealkylation sites (N-methyl/N-ethyl adjacent to an activating group) is 1. The third-order valence-corrected chi connectivity index (χ3v) is 7.69. The third-order valence-electron chi connectivity index (χ3n) is 7.69. The second kappa shape index (κ2) is 13.7. The Labute approximate surface area is 261 Å². The van der Waals surface area contributed by atoms with Gasteiger partial charge in [-0.2, -0.15) is 9.97 Å². The van der Waals surface area contributed by atoms with Crippen LogP contribution < -0.4 is 14.5 Å². The number of halogens is 1. The highest BCUT2D eigenvalue weighted by Gasteiger charge is 2.16. The Morgan fingerprint density at radius 2 is 1.53 bits per heavy atom. The standard InChI is InChI=1S/C18H21FN4O.C16H16N4O/c1-14-4-3-5-15(12-14)16-13-23-8-6-17(21-18(23)20-16)22(2)9-11-24-10-7-19;1-21-13-5-3-12(4-6-13)14-11-20-10-7-15(18-16(20)17-14)19-8-2-9-19/h3-6,8,12-13H,7,9-11H2,1-2H3;3-7,10-11H,2,8-9H2,1H3. The van der Waals surface area contributed by atoms with Crippen LogP contribution in [0.2, 0.25) is 0 Å². The number of fused-ring (bicyclic) bond motifs is 2. The number of methoxy groups -OCH3 is 1. The van der Waals surface area contributed by atoms with Crippen molar-refractivity contribution in [3.63, 3.8) is 0 Å². The Balaban J connectivity index is 0.000000160. The minimum Gasteiger partial charge on any atom is -0.497 e. The lowest BCUT2D eigenvalue weighted by molar-refractivity contribution is 0.125. The van der Waals surface area contributed by atoms with Gasteiger partial charge in [-0.1, -0.05) is 23.8 Å². The lowest BCUT2D eigenvalue weighted by Crippen LogP contribution is -2.37. The average Bonchev–Trinajstić information content (AvgIpc) is 3.67. The first-order valence-electron chi connectivity index (χ1n) is 15.0. The third kappa shape index (κ3) is 7.04. The van der Waals surface area contributed by atoms with E-state index in [1.165, 1.54) is 12.0 Å². The van der Waals surface area contributed by atoms with E-state index in [9.17, 15) is 4.39 Å². The van der Waals surface area contributed by atoms with Gasteiger partial charge in [0.25, 0.3) is 0 Å². The van der Waals surface area contributed by atoms with Gasteiger partial charge < -0.3 is 19.3 Å². The van der Waals surface area contributed by atoms with Crippen molar-refractivity contribution in [2.45, 2.75) is 13.3 Å². The van der Waals surface area contributed by atoms with Gasteiger partial charge in [0.05, 0.1) is 31.7 Å². The van der Waals surface area contributed by atoms with E-state index in [-0.39, 0.29) is 6.61 Å². The van der Waals surface area contributed by atoms with Crippen LogP contribution in [-0.4, -0.2) is 82.4 Å². The number of alkyl halides is 1. The van der Waals surface area contributed by atoms with E-state index in [1.54, 1.807) is 7.11 Å². The SMILES string of the molecule is COc1ccc(-c2cn3ccc(N4CCC4)nc3n2)cc1.Cc1cccc(-c2cn3ccc(N(C)CCOCCF)nc3n2)c1. The Bertz CT molecular complexity index is 1870. The molecule has 2 aromatic carbocycles. The van der Waals surface area contributed by atoms with Gasteiger partial charge in [0.15, 0.2) is 0 Å². The molecule has 1 fully saturated rings. The van der Waals surface area contributed by atoms with E-state index in [1.807, 2.05) is 94.1 Å². The summed E-state index contributed by atoms with van der Waals surface area (Å²) in [6.45, 7) is 5.05. The molecular formula is C34H37FN8O2. The maximum absolute atomic E-state index is 12.0. The summed E-state index contributed by atoms with van der Waals surface area (Å²) in [5.74, 6) is 4.07.